The van der Waals surface area contributed by atoms with Crippen LogP contribution in [-0.2, 0) is 19.1 Å². The minimum Gasteiger partial charge on any atom is -0.465 e. The Balaban J connectivity index is 2.75. The number of ether oxygens (including phenoxy) is 2. The second-order valence-electron chi connectivity index (χ2n) is 4.24. The third-order valence-corrected chi connectivity index (χ3v) is 2.71. The van der Waals surface area contributed by atoms with Crippen LogP contribution in [0.1, 0.15) is 27.2 Å². The third-order valence-electron chi connectivity index (χ3n) is 2.71. The number of carbonyl (C=O) groups excluding carboxylic acids is 2. The Morgan fingerprint density at radius 3 is 2.80 bits per heavy atom. The summed E-state index contributed by atoms with van der Waals surface area (Å²) in [6, 6.07) is 0. The maximum atomic E-state index is 11.4. The van der Waals surface area contributed by atoms with Crippen LogP contribution in [0.25, 0.3) is 0 Å². The molecule has 84 valence electrons. The Hall–Kier alpha value is -1.32. The lowest BCUT2D eigenvalue weighted by atomic mass is 9.86. The molecule has 0 aliphatic carbocycles. The van der Waals surface area contributed by atoms with Crippen molar-refractivity contribution in [2.75, 3.05) is 6.61 Å². The van der Waals surface area contributed by atoms with Crippen LogP contribution < -0.4 is 0 Å². The molecule has 0 aromatic rings. The van der Waals surface area contributed by atoms with Gasteiger partial charge in [0.1, 0.15) is 5.60 Å². The third kappa shape index (κ3) is 2.58. The Kier molecular flexibility index (Phi) is 3.17. The molecule has 1 fully saturated rings. The molecule has 1 rings (SSSR count). The molecule has 0 aromatic carbocycles. The molecule has 1 heterocycles. The van der Waals surface area contributed by atoms with Gasteiger partial charge in [-0.2, -0.15) is 0 Å². The Morgan fingerprint density at radius 1 is 1.67 bits per heavy atom. The zero-order valence-electron chi connectivity index (χ0n) is 9.33. The Bertz CT molecular complexity index is 308. The first-order valence-corrected chi connectivity index (χ1v) is 4.89. The fourth-order valence-corrected chi connectivity index (χ4v) is 1.34. The van der Waals surface area contributed by atoms with Gasteiger partial charge >= 0.3 is 11.9 Å². The smallest absolute Gasteiger partial charge is 0.333 e. The van der Waals surface area contributed by atoms with E-state index in [4.69, 9.17) is 9.47 Å². The molecular formula is C11H16O4. The minimum atomic E-state index is -0.772. The largest absolute Gasteiger partial charge is 0.465 e. The van der Waals surface area contributed by atoms with Crippen LogP contribution in [0.3, 0.4) is 0 Å². The summed E-state index contributed by atoms with van der Waals surface area (Å²) in [4.78, 5) is 22.5. The molecule has 15 heavy (non-hydrogen) atoms. The van der Waals surface area contributed by atoms with E-state index in [1.165, 1.54) is 0 Å². The number of cyclic esters (lactones) is 1. The van der Waals surface area contributed by atoms with E-state index in [9.17, 15) is 9.59 Å². The highest BCUT2D eigenvalue weighted by atomic mass is 16.6. The van der Waals surface area contributed by atoms with E-state index >= 15 is 0 Å². The summed E-state index contributed by atoms with van der Waals surface area (Å²) in [6.07, 6.45) is 0.104. The van der Waals surface area contributed by atoms with E-state index in [1.807, 2.05) is 6.92 Å². The molecule has 1 saturated heterocycles. The molecule has 0 radical (unpaired) electrons. The SMILES string of the molecule is C=C(C)C(=O)OC1(C)CC(=O)OCC1C. The maximum Gasteiger partial charge on any atom is 0.333 e. The second-order valence-corrected chi connectivity index (χ2v) is 4.24. The number of rotatable bonds is 2. The van der Waals surface area contributed by atoms with E-state index in [1.54, 1.807) is 13.8 Å². The average molecular weight is 212 g/mol. The standard InChI is InChI=1S/C11H16O4/c1-7(2)10(13)15-11(4)5-9(12)14-6-8(11)3/h8H,1,5-6H2,2-4H3. The van der Waals surface area contributed by atoms with Gasteiger partial charge < -0.3 is 9.47 Å². The average Bonchev–Trinajstić information content (AvgIpc) is 2.11. The molecule has 2 unspecified atom stereocenters. The van der Waals surface area contributed by atoms with Crippen molar-refractivity contribution < 1.29 is 19.1 Å². The fourth-order valence-electron chi connectivity index (χ4n) is 1.34. The lowest BCUT2D eigenvalue weighted by Gasteiger charge is -2.37. The molecule has 0 bridgehead atoms. The summed E-state index contributed by atoms with van der Waals surface area (Å²) in [6.45, 7) is 9.01. The van der Waals surface area contributed by atoms with Gasteiger partial charge in [-0.05, 0) is 13.8 Å². The molecule has 4 heteroatoms. The zero-order valence-corrected chi connectivity index (χ0v) is 9.33. The molecular weight excluding hydrogens is 196 g/mol. The van der Waals surface area contributed by atoms with Crippen molar-refractivity contribution in [3.63, 3.8) is 0 Å². The molecule has 4 nitrogen and oxygen atoms in total. The van der Waals surface area contributed by atoms with Crippen molar-refractivity contribution in [3.8, 4) is 0 Å². The Morgan fingerprint density at radius 2 is 2.27 bits per heavy atom. The summed E-state index contributed by atoms with van der Waals surface area (Å²) in [5.41, 5.74) is -0.437. The zero-order chi connectivity index (χ0) is 11.6. The van der Waals surface area contributed by atoms with E-state index in [2.05, 4.69) is 6.58 Å². The first-order chi connectivity index (χ1) is 6.85. The normalized spacial score (nSPS) is 30.6. The fraction of sp³-hybridized carbons (Fsp3) is 0.636. The van der Waals surface area contributed by atoms with Crippen molar-refractivity contribution in [3.05, 3.63) is 12.2 Å². The topological polar surface area (TPSA) is 52.6 Å². The molecule has 0 saturated carbocycles. The van der Waals surface area contributed by atoms with Gasteiger partial charge in [0.2, 0.25) is 0 Å². The summed E-state index contributed by atoms with van der Waals surface area (Å²) in [5, 5.41) is 0. The van der Waals surface area contributed by atoms with Crippen LogP contribution in [0.15, 0.2) is 12.2 Å². The molecule has 0 amide bonds. The molecule has 0 spiro atoms. The van der Waals surface area contributed by atoms with Crippen LogP contribution in [0.5, 0.6) is 0 Å². The van der Waals surface area contributed by atoms with Crippen molar-refractivity contribution in [2.24, 2.45) is 5.92 Å². The van der Waals surface area contributed by atoms with E-state index in [0.29, 0.717) is 12.2 Å². The van der Waals surface area contributed by atoms with Crippen LogP contribution in [0, 0.1) is 5.92 Å². The number of hydrogen-bond acceptors (Lipinski definition) is 4. The Labute approximate surface area is 89.2 Å². The van der Waals surface area contributed by atoms with Gasteiger partial charge in [-0.3, -0.25) is 4.79 Å². The number of esters is 2. The van der Waals surface area contributed by atoms with Gasteiger partial charge in [-0.25, -0.2) is 4.79 Å². The monoisotopic (exact) mass is 212 g/mol. The number of carbonyl (C=O) groups is 2. The first kappa shape index (κ1) is 11.8. The van der Waals surface area contributed by atoms with E-state index < -0.39 is 11.6 Å². The van der Waals surface area contributed by atoms with Gasteiger partial charge in [-0.1, -0.05) is 13.5 Å². The van der Waals surface area contributed by atoms with Gasteiger partial charge in [0.25, 0.3) is 0 Å². The van der Waals surface area contributed by atoms with Gasteiger partial charge in [-0.15, -0.1) is 0 Å². The lowest BCUT2D eigenvalue weighted by Crippen LogP contribution is -2.47. The summed E-state index contributed by atoms with van der Waals surface area (Å²) in [5.74, 6) is -0.789. The molecule has 1 aliphatic rings. The van der Waals surface area contributed by atoms with Crippen molar-refractivity contribution >= 4 is 11.9 Å². The van der Waals surface area contributed by atoms with Crippen molar-refractivity contribution in [2.45, 2.75) is 32.8 Å². The second kappa shape index (κ2) is 4.04. The first-order valence-electron chi connectivity index (χ1n) is 4.89. The van der Waals surface area contributed by atoms with Crippen LogP contribution >= 0.6 is 0 Å². The minimum absolute atomic E-state index is 0.00139. The molecule has 1 aliphatic heterocycles. The predicted octanol–water partition coefficient (Wildman–Crippen LogP) is 1.45. The summed E-state index contributed by atoms with van der Waals surface area (Å²) < 4.78 is 10.2. The van der Waals surface area contributed by atoms with Gasteiger partial charge in [0.05, 0.1) is 13.0 Å². The number of hydrogen-bond donors (Lipinski definition) is 0. The van der Waals surface area contributed by atoms with Crippen molar-refractivity contribution in [1.82, 2.24) is 0 Å². The van der Waals surface area contributed by atoms with E-state index in [-0.39, 0.29) is 18.3 Å². The van der Waals surface area contributed by atoms with Crippen LogP contribution in [0.4, 0.5) is 0 Å². The van der Waals surface area contributed by atoms with E-state index in [0.717, 1.165) is 0 Å². The van der Waals surface area contributed by atoms with Crippen LogP contribution in [-0.4, -0.2) is 24.1 Å². The highest BCUT2D eigenvalue weighted by Crippen LogP contribution is 2.31. The summed E-state index contributed by atoms with van der Waals surface area (Å²) >= 11 is 0. The van der Waals surface area contributed by atoms with Gasteiger partial charge in [0, 0.05) is 11.5 Å². The van der Waals surface area contributed by atoms with Crippen molar-refractivity contribution in [1.29, 1.82) is 0 Å². The molecule has 0 aromatic heterocycles. The highest BCUT2D eigenvalue weighted by Gasteiger charge is 2.42. The lowest BCUT2D eigenvalue weighted by molar-refractivity contribution is -0.181. The maximum absolute atomic E-state index is 11.4. The molecule has 0 N–H and O–H groups in total. The molecule has 2 atom stereocenters. The summed E-state index contributed by atoms with van der Waals surface area (Å²) in [7, 11) is 0. The quantitative estimate of drug-likeness (QED) is 0.513. The van der Waals surface area contributed by atoms with Crippen LogP contribution in [0.2, 0.25) is 0 Å². The van der Waals surface area contributed by atoms with Gasteiger partial charge in [0.15, 0.2) is 0 Å². The predicted molar refractivity (Wildman–Crippen MR) is 54.1 cm³/mol. The highest BCUT2D eigenvalue weighted by molar-refractivity contribution is 5.87.